The third kappa shape index (κ3) is 35.2. The van der Waals surface area contributed by atoms with Gasteiger partial charge in [-0.25, -0.2) is 0 Å². The van der Waals surface area contributed by atoms with Crippen molar-refractivity contribution in [2.75, 3.05) is 0 Å². The summed E-state index contributed by atoms with van der Waals surface area (Å²) in [7, 11) is 0. The van der Waals surface area contributed by atoms with E-state index in [0.29, 0.717) is 0 Å². The van der Waals surface area contributed by atoms with Crippen LogP contribution in [0.5, 0.6) is 0 Å². The van der Waals surface area contributed by atoms with Gasteiger partial charge in [-0.15, -0.1) is 10.1 Å². The second kappa shape index (κ2) is 11.2. The number of rotatable bonds is 5. The zero-order chi connectivity index (χ0) is 10.7. The van der Waals surface area contributed by atoms with E-state index in [1.807, 2.05) is 6.92 Å². The van der Waals surface area contributed by atoms with Gasteiger partial charge < -0.3 is 10.3 Å². The van der Waals surface area contributed by atoms with Crippen LogP contribution in [0.1, 0.15) is 46.0 Å². The van der Waals surface area contributed by atoms with Crippen molar-refractivity contribution < 1.29 is 15.4 Å². The molecule has 0 bridgehead atoms. The molecule has 0 amide bonds. The summed E-state index contributed by atoms with van der Waals surface area (Å²) in [6.45, 7) is 4.05. The van der Waals surface area contributed by atoms with Gasteiger partial charge in [0, 0.05) is 0 Å². The molecule has 80 valence electrons. The molecule has 0 aromatic carbocycles. The van der Waals surface area contributed by atoms with Gasteiger partial charge in [0.05, 0.1) is 6.10 Å². The van der Waals surface area contributed by atoms with Crippen molar-refractivity contribution in [3.05, 3.63) is 10.1 Å². The second-order valence-corrected chi connectivity index (χ2v) is 2.94. The molecule has 0 heterocycles. The lowest BCUT2D eigenvalue weighted by Crippen LogP contribution is -1.97. The van der Waals surface area contributed by atoms with E-state index in [4.69, 9.17) is 20.4 Å². The highest BCUT2D eigenvalue weighted by Crippen LogP contribution is 2.04. The molecule has 0 aliphatic rings. The van der Waals surface area contributed by atoms with Gasteiger partial charge in [-0.2, -0.15) is 0 Å². The first-order valence-electron chi connectivity index (χ1n) is 4.52. The molecule has 1 unspecified atom stereocenters. The Balaban J connectivity index is 0. The van der Waals surface area contributed by atoms with Crippen LogP contribution in [0.15, 0.2) is 0 Å². The Morgan fingerprint density at radius 3 is 2.15 bits per heavy atom. The zero-order valence-corrected chi connectivity index (χ0v) is 8.27. The number of hydrogen-bond acceptors (Lipinski definition) is 3. The molecule has 0 saturated heterocycles. The molecular weight excluding hydrogens is 174 g/mol. The average Bonchev–Trinajstić information content (AvgIpc) is 1.97. The van der Waals surface area contributed by atoms with Crippen molar-refractivity contribution in [3.8, 4) is 0 Å². The van der Waals surface area contributed by atoms with Crippen LogP contribution in [0.3, 0.4) is 0 Å². The molecule has 0 fully saturated rings. The van der Waals surface area contributed by atoms with E-state index < -0.39 is 5.09 Å². The van der Waals surface area contributed by atoms with E-state index in [1.54, 1.807) is 0 Å². The highest BCUT2D eigenvalue weighted by molar-refractivity contribution is 4.47. The van der Waals surface area contributed by atoms with Crippen LogP contribution in [0.25, 0.3) is 0 Å². The van der Waals surface area contributed by atoms with Crippen molar-refractivity contribution >= 4 is 0 Å². The van der Waals surface area contributed by atoms with Crippen molar-refractivity contribution in [1.82, 2.24) is 0 Å². The first kappa shape index (κ1) is 14.7. The minimum Gasteiger partial charge on any atom is -0.393 e. The minimum absolute atomic E-state index is 0.0955. The third-order valence-electron chi connectivity index (χ3n) is 1.48. The molecule has 0 spiro atoms. The van der Waals surface area contributed by atoms with Crippen LogP contribution in [-0.2, 0) is 0 Å². The molecule has 0 rings (SSSR count). The highest BCUT2D eigenvalue weighted by Gasteiger charge is 1.93. The SMILES string of the molecule is CCCCCCC(C)O.O=[N+]([O-])O. The predicted molar refractivity (Wildman–Crippen MR) is 49.2 cm³/mol. The molecule has 0 radical (unpaired) electrons. The number of unbranched alkanes of at least 4 members (excludes halogenated alkanes) is 3. The molecule has 0 aliphatic heterocycles. The van der Waals surface area contributed by atoms with Crippen molar-refractivity contribution in [1.29, 1.82) is 0 Å². The van der Waals surface area contributed by atoms with Crippen LogP contribution in [0.4, 0.5) is 0 Å². The maximum absolute atomic E-state index is 8.85. The monoisotopic (exact) mass is 193 g/mol. The molecule has 0 aromatic heterocycles. The number of hydrogen-bond donors (Lipinski definition) is 2. The summed E-state index contributed by atoms with van der Waals surface area (Å²) in [5.74, 6) is 0. The van der Waals surface area contributed by atoms with E-state index in [1.165, 1.54) is 25.7 Å². The minimum atomic E-state index is -1.50. The van der Waals surface area contributed by atoms with Crippen LogP contribution < -0.4 is 0 Å². The van der Waals surface area contributed by atoms with Gasteiger partial charge in [-0.1, -0.05) is 32.6 Å². The molecule has 0 saturated carbocycles. The third-order valence-corrected chi connectivity index (χ3v) is 1.48. The normalized spacial score (nSPS) is 11.3. The van der Waals surface area contributed by atoms with E-state index in [-0.39, 0.29) is 6.10 Å². The Kier molecular flexibility index (Phi) is 12.6. The largest absolute Gasteiger partial charge is 0.393 e. The van der Waals surface area contributed by atoms with Crippen LogP contribution >= 0.6 is 0 Å². The fourth-order valence-electron chi connectivity index (χ4n) is 0.867. The van der Waals surface area contributed by atoms with E-state index >= 15 is 0 Å². The van der Waals surface area contributed by atoms with Crippen LogP contribution in [0.2, 0.25) is 0 Å². The smallest absolute Gasteiger partial charge is 0.291 e. The van der Waals surface area contributed by atoms with E-state index in [0.717, 1.165) is 6.42 Å². The Hall–Kier alpha value is -0.840. The van der Waals surface area contributed by atoms with Crippen molar-refractivity contribution in [3.63, 3.8) is 0 Å². The first-order valence-corrected chi connectivity index (χ1v) is 4.52. The summed E-state index contributed by atoms with van der Waals surface area (Å²) in [5, 5.41) is 22.5. The zero-order valence-electron chi connectivity index (χ0n) is 8.27. The molecule has 1 atom stereocenters. The number of aliphatic hydroxyl groups excluding tert-OH is 1. The summed E-state index contributed by atoms with van der Waals surface area (Å²) in [6.07, 6.45) is 5.93. The molecule has 5 heteroatoms. The lowest BCUT2D eigenvalue weighted by atomic mass is 10.1. The van der Waals surface area contributed by atoms with Gasteiger partial charge in [0.25, 0.3) is 5.09 Å². The summed E-state index contributed by atoms with van der Waals surface area (Å²) >= 11 is 0. The Morgan fingerprint density at radius 2 is 1.85 bits per heavy atom. The molecule has 13 heavy (non-hydrogen) atoms. The first-order chi connectivity index (χ1) is 6.00. The molecular formula is C8H19NO4. The van der Waals surface area contributed by atoms with Gasteiger partial charge in [0.1, 0.15) is 0 Å². The van der Waals surface area contributed by atoms with Crippen molar-refractivity contribution in [2.45, 2.75) is 52.1 Å². The summed E-state index contributed by atoms with van der Waals surface area (Å²) in [4.78, 5) is 8.36. The van der Waals surface area contributed by atoms with Crippen LogP contribution in [0, 0.1) is 10.1 Å². The maximum Gasteiger partial charge on any atom is 0.291 e. The highest BCUT2D eigenvalue weighted by atomic mass is 16.9. The molecule has 0 aliphatic carbocycles. The van der Waals surface area contributed by atoms with Gasteiger partial charge in [-0.3, -0.25) is 0 Å². The second-order valence-electron chi connectivity index (χ2n) is 2.94. The standard InChI is InChI=1S/C8H18O.HNO3/c1-3-4-5-6-7-8(2)9;2-1(3)4/h8-9H,3-7H2,1-2H3;(H,2,3,4). The van der Waals surface area contributed by atoms with Gasteiger partial charge >= 0.3 is 0 Å². The van der Waals surface area contributed by atoms with Crippen molar-refractivity contribution in [2.24, 2.45) is 0 Å². The molecule has 0 aromatic rings. The Bertz CT molecular complexity index is 113. The van der Waals surface area contributed by atoms with Gasteiger partial charge in [0.2, 0.25) is 0 Å². The Morgan fingerprint density at radius 1 is 1.38 bits per heavy atom. The summed E-state index contributed by atoms with van der Waals surface area (Å²) in [6, 6.07) is 0. The fourth-order valence-corrected chi connectivity index (χ4v) is 0.867. The fraction of sp³-hybridized carbons (Fsp3) is 1.00. The van der Waals surface area contributed by atoms with Gasteiger partial charge in [-0.05, 0) is 13.3 Å². The predicted octanol–water partition coefficient (Wildman–Crippen LogP) is 1.99. The Labute approximate surface area is 78.5 Å². The van der Waals surface area contributed by atoms with Gasteiger partial charge in [0.15, 0.2) is 0 Å². The van der Waals surface area contributed by atoms with E-state index in [9.17, 15) is 0 Å². The lowest BCUT2D eigenvalue weighted by Gasteiger charge is -2.01. The summed E-state index contributed by atoms with van der Waals surface area (Å²) in [5.41, 5.74) is 0. The quantitative estimate of drug-likeness (QED) is 0.397. The average molecular weight is 193 g/mol. The maximum atomic E-state index is 8.85. The number of nitrogens with zero attached hydrogens (tertiary/aromatic N) is 1. The van der Waals surface area contributed by atoms with Crippen LogP contribution in [-0.4, -0.2) is 21.5 Å². The van der Waals surface area contributed by atoms with E-state index in [2.05, 4.69) is 6.92 Å². The lowest BCUT2D eigenvalue weighted by molar-refractivity contribution is -0.742. The molecule has 5 nitrogen and oxygen atoms in total. The molecule has 2 N–H and O–H groups in total. The topological polar surface area (TPSA) is 83.6 Å². The summed E-state index contributed by atoms with van der Waals surface area (Å²) < 4.78 is 0. The number of aliphatic hydroxyl groups is 1.